The van der Waals surface area contributed by atoms with E-state index < -0.39 is 0 Å². The quantitative estimate of drug-likeness (QED) is 0.808. The highest BCUT2D eigenvalue weighted by atomic mass is 16.2. The Morgan fingerprint density at radius 2 is 2.00 bits per heavy atom. The molecule has 2 aliphatic heterocycles. The summed E-state index contributed by atoms with van der Waals surface area (Å²) in [5, 5.41) is 0. The summed E-state index contributed by atoms with van der Waals surface area (Å²) in [6.45, 7) is 7.04. The highest BCUT2D eigenvalue weighted by Gasteiger charge is 2.29. The van der Waals surface area contributed by atoms with Crippen molar-refractivity contribution in [3.63, 3.8) is 0 Å². The number of rotatable bonds is 6. The minimum atomic E-state index is 0.256. The molecular weight excluding hydrogens is 250 g/mol. The Bertz CT molecular complexity index is 302. The first-order valence-corrected chi connectivity index (χ1v) is 8.46. The molecule has 0 aromatic heterocycles. The standard InChI is InChI=1S/C16H31N3O/c1-2-6-14-7-10-19(13-14)15(12-17)11-16(20)18-8-4-3-5-9-18/h14-15H,2-13,17H2,1H3. The number of carbonyl (C=O) groups is 1. The lowest BCUT2D eigenvalue weighted by molar-refractivity contribution is -0.133. The SMILES string of the molecule is CCCC1CCN(C(CN)CC(=O)N2CCCCC2)C1. The van der Waals surface area contributed by atoms with Gasteiger partial charge in [-0.1, -0.05) is 13.3 Å². The third-order valence-corrected chi connectivity index (χ3v) is 4.92. The van der Waals surface area contributed by atoms with Crippen molar-refractivity contribution in [2.45, 2.75) is 57.9 Å². The topological polar surface area (TPSA) is 49.6 Å². The maximum absolute atomic E-state index is 12.4. The smallest absolute Gasteiger partial charge is 0.224 e. The molecular formula is C16H31N3O. The van der Waals surface area contributed by atoms with E-state index in [1.54, 1.807) is 0 Å². The van der Waals surface area contributed by atoms with E-state index in [2.05, 4.69) is 11.8 Å². The Morgan fingerprint density at radius 3 is 2.65 bits per heavy atom. The van der Waals surface area contributed by atoms with Gasteiger partial charge in [0.15, 0.2) is 0 Å². The minimum Gasteiger partial charge on any atom is -0.343 e. The van der Waals surface area contributed by atoms with Crippen LogP contribution < -0.4 is 5.73 Å². The van der Waals surface area contributed by atoms with E-state index in [0.29, 0.717) is 18.9 Å². The number of amides is 1. The summed E-state index contributed by atoms with van der Waals surface area (Å²) in [6.07, 6.45) is 8.08. The number of hydrogen-bond donors (Lipinski definition) is 1. The molecule has 4 heteroatoms. The number of nitrogens with two attached hydrogens (primary N) is 1. The van der Waals surface area contributed by atoms with Gasteiger partial charge < -0.3 is 10.6 Å². The summed E-state index contributed by atoms with van der Waals surface area (Å²) in [5.41, 5.74) is 5.94. The van der Waals surface area contributed by atoms with Crippen LogP contribution in [0.25, 0.3) is 0 Å². The van der Waals surface area contributed by atoms with Crippen LogP contribution >= 0.6 is 0 Å². The average Bonchev–Trinajstić information content (AvgIpc) is 2.94. The molecule has 2 N–H and O–H groups in total. The second-order valence-electron chi connectivity index (χ2n) is 6.47. The van der Waals surface area contributed by atoms with Crippen molar-refractivity contribution >= 4 is 5.91 Å². The molecule has 2 rings (SSSR count). The summed E-state index contributed by atoms with van der Waals surface area (Å²) < 4.78 is 0. The van der Waals surface area contributed by atoms with Crippen molar-refractivity contribution in [1.82, 2.24) is 9.80 Å². The number of likely N-dealkylation sites (tertiary alicyclic amines) is 2. The predicted octanol–water partition coefficient (Wildman–Crippen LogP) is 1.84. The molecule has 116 valence electrons. The minimum absolute atomic E-state index is 0.256. The summed E-state index contributed by atoms with van der Waals surface area (Å²) >= 11 is 0. The maximum Gasteiger partial charge on any atom is 0.224 e. The molecule has 1 amide bonds. The van der Waals surface area contributed by atoms with Gasteiger partial charge in [0.2, 0.25) is 5.91 Å². The molecule has 0 radical (unpaired) electrons. The molecule has 2 aliphatic rings. The van der Waals surface area contributed by atoms with Crippen LogP contribution in [0.1, 0.15) is 51.9 Å². The normalized spacial score (nSPS) is 25.9. The fourth-order valence-corrected chi connectivity index (χ4v) is 3.67. The van der Waals surface area contributed by atoms with Crippen LogP contribution in [0.5, 0.6) is 0 Å². The van der Waals surface area contributed by atoms with Crippen molar-refractivity contribution < 1.29 is 4.79 Å². The van der Waals surface area contributed by atoms with Crippen molar-refractivity contribution in [3.8, 4) is 0 Å². The number of hydrogen-bond acceptors (Lipinski definition) is 3. The van der Waals surface area contributed by atoms with Crippen LogP contribution in [-0.2, 0) is 4.79 Å². The molecule has 0 bridgehead atoms. The van der Waals surface area contributed by atoms with E-state index in [1.807, 2.05) is 4.90 Å². The van der Waals surface area contributed by atoms with Crippen LogP contribution in [0, 0.1) is 5.92 Å². The maximum atomic E-state index is 12.4. The lowest BCUT2D eigenvalue weighted by atomic mass is 10.0. The van der Waals surface area contributed by atoms with E-state index >= 15 is 0 Å². The summed E-state index contributed by atoms with van der Waals surface area (Å²) in [7, 11) is 0. The predicted molar refractivity (Wildman–Crippen MR) is 82.5 cm³/mol. The van der Waals surface area contributed by atoms with Crippen LogP contribution in [0.15, 0.2) is 0 Å². The first-order chi connectivity index (χ1) is 9.74. The largest absolute Gasteiger partial charge is 0.343 e. The van der Waals surface area contributed by atoms with Gasteiger partial charge in [-0.3, -0.25) is 9.69 Å². The van der Waals surface area contributed by atoms with Gasteiger partial charge in [-0.25, -0.2) is 0 Å². The van der Waals surface area contributed by atoms with Crippen molar-refractivity contribution in [2.24, 2.45) is 11.7 Å². The molecule has 20 heavy (non-hydrogen) atoms. The van der Waals surface area contributed by atoms with E-state index in [9.17, 15) is 4.79 Å². The van der Waals surface area contributed by atoms with E-state index in [4.69, 9.17) is 5.73 Å². The fraction of sp³-hybridized carbons (Fsp3) is 0.938. The zero-order chi connectivity index (χ0) is 14.4. The van der Waals surface area contributed by atoms with Crippen molar-refractivity contribution in [2.75, 3.05) is 32.7 Å². The van der Waals surface area contributed by atoms with E-state index in [-0.39, 0.29) is 6.04 Å². The van der Waals surface area contributed by atoms with Crippen LogP contribution in [0.2, 0.25) is 0 Å². The van der Waals surface area contributed by atoms with Crippen LogP contribution in [-0.4, -0.2) is 54.5 Å². The third kappa shape index (κ3) is 4.19. The molecule has 0 aliphatic carbocycles. The van der Waals surface area contributed by atoms with Gasteiger partial charge in [0, 0.05) is 38.6 Å². The van der Waals surface area contributed by atoms with E-state index in [1.165, 1.54) is 38.5 Å². The van der Waals surface area contributed by atoms with Gasteiger partial charge in [-0.15, -0.1) is 0 Å². The number of nitrogens with zero attached hydrogens (tertiary/aromatic N) is 2. The van der Waals surface area contributed by atoms with Gasteiger partial charge >= 0.3 is 0 Å². The fourth-order valence-electron chi connectivity index (χ4n) is 3.67. The summed E-state index contributed by atoms with van der Waals surface area (Å²) in [6, 6.07) is 0.256. The lowest BCUT2D eigenvalue weighted by Crippen LogP contribution is -2.45. The molecule has 2 fully saturated rings. The summed E-state index contributed by atoms with van der Waals surface area (Å²) in [4.78, 5) is 16.9. The summed E-state index contributed by atoms with van der Waals surface area (Å²) in [5.74, 6) is 1.14. The molecule has 2 saturated heterocycles. The Labute approximate surface area is 123 Å². The Balaban J connectivity index is 1.81. The Kier molecular flexibility index (Phi) is 6.30. The third-order valence-electron chi connectivity index (χ3n) is 4.92. The van der Waals surface area contributed by atoms with E-state index in [0.717, 1.165) is 32.1 Å². The zero-order valence-corrected chi connectivity index (χ0v) is 13.0. The average molecular weight is 281 g/mol. The zero-order valence-electron chi connectivity index (χ0n) is 13.0. The second kappa shape index (κ2) is 7.99. The highest BCUT2D eigenvalue weighted by Crippen LogP contribution is 2.24. The molecule has 0 aromatic carbocycles. The Hall–Kier alpha value is -0.610. The van der Waals surface area contributed by atoms with Gasteiger partial charge in [-0.2, -0.15) is 0 Å². The monoisotopic (exact) mass is 281 g/mol. The molecule has 2 unspecified atom stereocenters. The molecule has 0 saturated carbocycles. The van der Waals surface area contributed by atoms with Crippen LogP contribution in [0.4, 0.5) is 0 Å². The number of piperidine rings is 1. The lowest BCUT2D eigenvalue weighted by Gasteiger charge is -2.31. The molecule has 2 atom stereocenters. The van der Waals surface area contributed by atoms with Gasteiger partial charge in [-0.05, 0) is 44.6 Å². The van der Waals surface area contributed by atoms with Gasteiger partial charge in [0.25, 0.3) is 0 Å². The number of carbonyl (C=O) groups excluding carboxylic acids is 1. The first-order valence-electron chi connectivity index (χ1n) is 8.46. The second-order valence-corrected chi connectivity index (χ2v) is 6.47. The first kappa shape index (κ1) is 15.8. The molecule has 0 spiro atoms. The Morgan fingerprint density at radius 1 is 1.25 bits per heavy atom. The molecule has 0 aromatic rings. The van der Waals surface area contributed by atoms with Crippen molar-refractivity contribution in [3.05, 3.63) is 0 Å². The van der Waals surface area contributed by atoms with Gasteiger partial charge in [0.05, 0.1) is 0 Å². The van der Waals surface area contributed by atoms with Crippen LogP contribution in [0.3, 0.4) is 0 Å². The molecule has 2 heterocycles. The highest BCUT2D eigenvalue weighted by molar-refractivity contribution is 5.77. The van der Waals surface area contributed by atoms with Gasteiger partial charge in [0.1, 0.15) is 0 Å². The van der Waals surface area contributed by atoms with Crippen molar-refractivity contribution in [1.29, 1.82) is 0 Å². The molecule has 4 nitrogen and oxygen atoms in total.